The molecule has 4 nitrogen and oxygen atoms in total. The molecule has 18 heavy (non-hydrogen) atoms. The van der Waals surface area contributed by atoms with Gasteiger partial charge in [0.1, 0.15) is 11.4 Å². The second-order valence-corrected chi connectivity index (χ2v) is 3.85. The van der Waals surface area contributed by atoms with E-state index in [1.807, 2.05) is 0 Å². The van der Waals surface area contributed by atoms with Gasteiger partial charge in [0.15, 0.2) is 5.43 Å². The lowest BCUT2D eigenvalue weighted by Crippen LogP contribution is -2.18. The second-order valence-electron chi connectivity index (χ2n) is 3.85. The van der Waals surface area contributed by atoms with Gasteiger partial charge in [-0.3, -0.25) is 4.79 Å². The average molecular weight is 247 g/mol. The van der Waals surface area contributed by atoms with Gasteiger partial charge in [0, 0.05) is 23.6 Å². The minimum Gasteiger partial charge on any atom is -0.477 e. The van der Waals surface area contributed by atoms with Gasteiger partial charge in [-0.2, -0.15) is 0 Å². The van der Waals surface area contributed by atoms with Crippen LogP contribution in [0.1, 0.15) is 16.1 Å². The van der Waals surface area contributed by atoms with Crippen molar-refractivity contribution in [2.75, 3.05) is 0 Å². The molecule has 1 heterocycles. The Kier molecular flexibility index (Phi) is 2.97. The molecule has 5 heteroatoms. The fourth-order valence-electron chi connectivity index (χ4n) is 1.70. The number of aromatic nitrogens is 1. The van der Waals surface area contributed by atoms with E-state index in [1.54, 1.807) is 13.0 Å². The van der Waals surface area contributed by atoms with Crippen molar-refractivity contribution in [1.29, 1.82) is 0 Å². The van der Waals surface area contributed by atoms with Crippen LogP contribution in [-0.2, 0) is 0 Å². The topological polar surface area (TPSA) is 59.3 Å². The summed E-state index contributed by atoms with van der Waals surface area (Å²) in [7, 11) is 0. The number of nitrogens with zero attached hydrogens (tertiary/aromatic N) is 1. The molecule has 1 aromatic heterocycles. The van der Waals surface area contributed by atoms with Gasteiger partial charge in [0.25, 0.3) is 0 Å². The maximum Gasteiger partial charge on any atom is 0.341 e. The van der Waals surface area contributed by atoms with Crippen molar-refractivity contribution in [1.82, 2.24) is 4.57 Å². The van der Waals surface area contributed by atoms with Crippen LogP contribution >= 0.6 is 0 Å². The SMILES string of the molecule is Cc1cc(=O)c(C(=O)O)cn1-c1cccc(F)c1. The molecule has 0 fully saturated rings. The number of carboxylic acid groups (broad SMARTS) is 1. The van der Waals surface area contributed by atoms with Crippen LogP contribution in [0.15, 0.2) is 41.3 Å². The number of rotatable bonds is 2. The summed E-state index contributed by atoms with van der Waals surface area (Å²) in [6.07, 6.45) is 1.20. The standard InChI is InChI=1S/C13H10FNO3/c1-8-5-12(16)11(13(17)18)7-15(8)10-4-2-3-9(14)6-10/h2-7H,1H3,(H,17,18). The summed E-state index contributed by atoms with van der Waals surface area (Å²) < 4.78 is 14.6. The molecule has 0 radical (unpaired) electrons. The monoisotopic (exact) mass is 247 g/mol. The minimum atomic E-state index is -1.30. The Morgan fingerprint density at radius 2 is 2.06 bits per heavy atom. The van der Waals surface area contributed by atoms with Crippen LogP contribution in [0.2, 0.25) is 0 Å². The summed E-state index contributed by atoms with van der Waals surface area (Å²) in [4.78, 5) is 22.4. The number of aromatic carboxylic acids is 1. The molecule has 0 saturated carbocycles. The molecule has 0 atom stereocenters. The summed E-state index contributed by atoms with van der Waals surface area (Å²) in [5.41, 5.74) is 0.100. The highest BCUT2D eigenvalue weighted by molar-refractivity contribution is 5.87. The highest BCUT2D eigenvalue weighted by atomic mass is 19.1. The Morgan fingerprint density at radius 1 is 1.33 bits per heavy atom. The Balaban J connectivity index is 2.68. The highest BCUT2D eigenvalue weighted by Gasteiger charge is 2.11. The summed E-state index contributed by atoms with van der Waals surface area (Å²) in [5.74, 6) is -1.73. The number of aryl methyl sites for hydroxylation is 1. The van der Waals surface area contributed by atoms with Gasteiger partial charge in [-0.15, -0.1) is 0 Å². The normalized spacial score (nSPS) is 10.3. The molecule has 92 valence electrons. The van der Waals surface area contributed by atoms with Crippen molar-refractivity contribution in [3.63, 3.8) is 0 Å². The van der Waals surface area contributed by atoms with Gasteiger partial charge in [0.05, 0.1) is 0 Å². The third kappa shape index (κ3) is 2.15. The molecule has 0 saturated heterocycles. The third-order valence-corrected chi connectivity index (χ3v) is 2.56. The fourth-order valence-corrected chi connectivity index (χ4v) is 1.70. The molecule has 0 bridgehead atoms. The molecule has 0 unspecified atom stereocenters. The molecule has 0 aliphatic rings. The lowest BCUT2D eigenvalue weighted by Gasteiger charge is -2.11. The van der Waals surface area contributed by atoms with Crippen molar-refractivity contribution < 1.29 is 14.3 Å². The third-order valence-electron chi connectivity index (χ3n) is 2.56. The second kappa shape index (κ2) is 4.44. The molecule has 1 N–H and O–H groups in total. The number of hydrogen-bond acceptors (Lipinski definition) is 2. The van der Waals surface area contributed by atoms with Crippen molar-refractivity contribution in [3.8, 4) is 5.69 Å². The number of pyridine rings is 1. The van der Waals surface area contributed by atoms with E-state index < -0.39 is 17.2 Å². The van der Waals surface area contributed by atoms with Gasteiger partial charge >= 0.3 is 5.97 Å². The van der Waals surface area contributed by atoms with E-state index in [0.717, 1.165) is 0 Å². The van der Waals surface area contributed by atoms with Crippen molar-refractivity contribution in [2.45, 2.75) is 6.92 Å². The molecular formula is C13H10FNO3. The van der Waals surface area contributed by atoms with Crippen LogP contribution in [0, 0.1) is 12.7 Å². The molecule has 0 aliphatic heterocycles. The molecule has 0 amide bonds. The Labute approximate surface area is 102 Å². The van der Waals surface area contributed by atoms with Crippen LogP contribution in [0.3, 0.4) is 0 Å². The lowest BCUT2D eigenvalue weighted by molar-refractivity contribution is 0.0695. The molecule has 2 rings (SSSR count). The molecule has 2 aromatic rings. The lowest BCUT2D eigenvalue weighted by atomic mass is 10.2. The Hall–Kier alpha value is -2.43. The zero-order chi connectivity index (χ0) is 13.3. The maximum atomic E-state index is 13.1. The Morgan fingerprint density at radius 3 is 2.67 bits per heavy atom. The van der Waals surface area contributed by atoms with Gasteiger partial charge < -0.3 is 9.67 Å². The van der Waals surface area contributed by atoms with Gasteiger partial charge in [0.2, 0.25) is 0 Å². The van der Waals surface area contributed by atoms with Crippen LogP contribution in [0.4, 0.5) is 4.39 Å². The van der Waals surface area contributed by atoms with Gasteiger partial charge in [-0.1, -0.05) is 6.07 Å². The average Bonchev–Trinajstić information content (AvgIpc) is 2.28. The fraction of sp³-hybridized carbons (Fsp3) is 0.0769. The van der Waals surface area contributed by atoms with Crippen LogP contribution < -0.4 is 5.43 Å². The summed E-state index contributed by atoms with van der Waals surface area (Å²) in [6.45, 7) is 1.65. The molecule has 0 spiro atoms. The van der Waals surface area contributed by atoms with Crippen molar-refractivity contribution >= 4 is 5.97 Å². The van der Waals surface area contributed by atoms with E-state index in [-0.39, 0.29) is 5.56 Å². The predicted octanol–water partition coefficient (Wildman–Crippen LogP) is 1.98. The van der Waals surface area contributed by atoms with Crippen LogP contribution in [0.5, 0.6) is 0 Å². The van der Waals surface area contributed by atoms with E-state index in [1.165, 1.54) is 35.0 Å². The number of hydrogen-bond donors (Lipinski definition) is 1. The first-order chi connectivity index (χ1) is 8.49. The minimum absolute atomic E-state index is 0.343. The zero-order valence-corrected chi connectivity index (χ0v) is 9.55. The zero-order valence-electron chi connectivity index (χ0n) is 9.55. The maximum absolute atomic E-state index is 13.1. The van der Waals surface area contributed by atoms with Crippen LogP contribution in [0.25, 0.3) is 5.69 Å². The van der Waals surface area contributed by atoms with Crippen molar-refractivity contribution in [3.05, 3.63) is 63.8 Å². The first-order valence-corrected chi connectivity index (χ1v) is 5.21. The van der Waals surface area contributed by atoms with Crippen LogP contribution in [-0.4, -0.2) is 15.6 Å². The van der Waals surface area contributed by atoms with E-state index >= 15 is 0 Å². The van der Waals surface area contributed by atoms with Gasteiger partial charge in [-0.05, 0) is 25.1 Å². The first kappa shape index (κ1) is 12.0. The highest BCUT2D eigenvalue weighted by Crippen LogP contribution is 2.12. The number of carboxylic acids is 1. The largest absolute Gasteiger partial charge is 0.477 e. The summed E-state index contributed by atoms with van der Waals surface area (Å²) >= 11 is 0. The quantitative estimate of drug-likeness (QED) is 0.882. The Bertz CT molecular complexity index is 676. The summed E-state index contributed by atoms with van der Waals surface area (Å²) in [5, 5.41) is 8.90. The van der Waals surface area contributed by atoms with E-state index in [9.17, 15) is 14.0 Å². The van der Waals surface area contributed by atoms with E-state index in [4.69, 9.17) is 5.11 Å². The van der Waals surface area contributed by atoms with Crippen molar-refractivity contribution in [2.24, 2.45) is 0 Å². The predicted molar refractivity (Wildman–Crippen MR) is 63.7 cm³/mol. The van der Waals surface area contributed by atoms with Gasteiger partial charge in [-0.25, -0.2) is 9.18 Å². The number of benzene rings is 1. The molecular weight excluding hydrogens is 237 g/mol. The smallest absolute Gasteiger partial charge is 0.341 e. The molecule has 1 aromatic carbocycles. The van der Waals surface area contributed by atoms with E-state index in [0.29, 0.717) is 11.4 Å². The number of halogens is 1. The van der Waals surface area contributed by atoms with E-state index in [2.05, 4.69) is 0 Å². The summed E-state index contributed by atoms with van der Waals surface area (Å²) in [6, 6.07) is 6.92. The first-order valence-electron chi connectivity index (χ1n) is 5.21. The number of carbonyl (C=O) groups is 1. The molecule has 0 aliphatic carbocycles.